The summed E-state index contributed by atoms with van der Waals surface area (Å²) in [6, 6.07) is 7.12. The van der Waals surface area contributed by atoms with Crippen molar-refractivity contribution >= 4 is 15.8 Å². The van der Waals surface area contributed by atoms with Gasteiger partial charge >= 0.3 is 0 Å². The highest BCUT2D eigenvalue weighted by atomic mass is 32.2. The maximum atomic E-state index is 12.4. The van der Waals surface area contributed by atoms with Crippen LogP contribution in [0.4, 0.5) is 5.82 Å². The number of fused-ring (bicyclic) bond motifs is 1. The van der Waals surface area contributed by atoms with E-state index >= 15 is 0 Å². The van der Waals surface area contributed by atoms with Gasteiger partial charge in [-0.05, 0) is 48.9 Å². The van der Waals surface area contributed by atoms with E-state index in [4.69, 9.17) is 0 Å². The molecule has 0 amide bonds. The number of benzene rings is 1. The fraction of sp³-hybridized carbons (Fsp3) is 0.400. The third-order valence-electron chi connectivity index (χ3n) is 3.77. The number of H-pyrrole nitrogens is 1. The molecule has 5 nitrogen and oxygen atoms in total. The standard InChI is InChI=1S/C15H19N3O2S/c1-2-4-13-10-15(17-16-13)18-21(19,20)14-8-7-11-5-3-6-12(11)9-14/h7-10H,2-6H2,1H3,(H2,16,17,18). The molecule has 6 heteroatoms. The van der Waals surface area contributed by atoms with Crippen LogP contribution in [0.15, 0.2) is 29.2 Å². The molecule has 112 valence electrons. The first-order valence-electron chi connectivity index (χ1n) is 7.27. The Bertz CT molecular complexity index is 750. The van der Waals surface area contributed by atoms with Crippen LogP contribution in [0, 0.1) is 0 Å². The molecule has 0 saturated carbocycles. The van der Waals surface area contributed by atoms with Gasteiger partial charge in [-0.2, -0.15) is 5.10 Å². The van der Waals surface area contributed by atoms with E-state index in [1.54, 1.807) is 18.2 Å². The second kappa shape index (κ2) is 5.52. The van der Waals surface area contributed by atoms with Crippen molar-refractivity contribution in [3.8, 4) is 0 Å². The SMILES string of the molecule is CCCc1cc(NS(=O)(=O)c2ccc3c(c2)CCC3)n[nH]1. The predicted molar refractivity (Wildman–Crippen MR) is 81.9 cm³/mol. The van der Waals surface area contributed by atoms with Crippen LogP contribution in [-0.2, 0) is 29.3 Å². The van der Waals surface area contributed by atoms with Crippen molar-refractivity contribution in [3.63, 3.8) is 0 Å². The third kappa shape index (κ3) is 2.95. The number of hydrogen-bond donors (Lipinski definition) is 2. The monoisotopic (exact) mass is 305 g/mol. The number of sulfonamides is 1. The van der Waals surface area contributed by atoms with Crippen LogP contribution < -0.4 is 4.72 Å². The first-order valence-corrected chi connectivity index (χ1v) is 8.76. The number of nitrogens with one attached hydrogen (secondary N) is 2. The molecule has 0 bridgehead atoms. The molecule has 1 aromatic carbocycles. The second-order valence-electron chi connectivity index (χ2n) is 5.42. The molecule has 3 rings (SSSR count). The minimum atomic E-state index is -3.57. The zero-order valence-electron chi connectivity index (χ0n) is 12.0. The van der Waals surface area contributed by atoms with E-state index < -0.39 is 10.0 Å². The lowest BCUT2D eigenvalue weighted by molar-refractivity contribution is 0.601. The molecular formula is C15H19N3O2S. The Kier molecular flexibility index (Phi) is 3.71. The summed E-state index contributed by atoms with van der Waals surface area (Å²) in [5, 5.41) is 6.85. The van der Waals surface area contributed by atoms with E-state index in [0.29, 0.717) is 10.7 Å². The number of aromatic amines is 1. The molecule has 1 aromatic heterocycles. The lowest BCUT2D eigenvalue weighted by Gasteiger charge is -2.07. The molecule has 1 heterocycles. The zero-order valence-corrected chi connectivity index (χ0v) is 12.8. The summed E-state index contributed by atoms with van der Waals surface area (Å²) in [6.07, 6.45) is 4.95. The van der Waals surface area contributed by atoms with Gasteiger partial charge in [-0.25, -0.2) is 8.42 Å². The number of hydrogen-bond acceptors (Lipinski definition) is 3. The van der Waals surface area contributed by atoms with Crippen LogP contribution in [0.2, 0.25) is 0 Å². The van der Waals surface area contributed by atoms with E-state index in [1.165, 1.54) is 5.56 Å². The number of anilines is 1. The van der Waals surface area contributed by atoms with E-state index in [-0.39, 0.29) is 0 Å². The topological polar surface area (TPSA) is 74.8 Å². The molecule has 0 spiro atoms. The lowest BCUT2D eigenvalue weighted by atomic mass is 10.1. The molecule has 0 fully saturated rings. The van der Waals surface area contributed by atoms with Gasteiger partial charge in [0, 0.05) is 11.8 Å². The molecular weight excluding hydrogens is 286 g/mol. The van der Waals surface area contributed by atoms with Crippen molar-refractivity contribution in [2.75, 3.05) is 4.72 Å². The van der Waals surface area contributed by atoms with E-state index in [9.17, 15) is 8.42 Å². The quantitative estimate of drug-likeness (QED) is 0.891. The maximum Gasteiger partial charge on any atom is 0.263 e. The van der Waals surface area contributed by atoms with E-state index in [1.807, 2.05) is 6.07 Å². The summed E-state index contributed by atoms with van der Waals surface area (Å²) in [5.41, 5.74) is 3.34. The summed E-state index contributed by atoms with van der Waals surface area (Å²) in [5.74, 6) is 0.346. The smallest absolute Gasteiger partial charge is 0.263 e. The van der Waals surface area contributed by atoms with Crippen LogP contribution in [0.1, 0.15) is 36.6 Å². The summed E-state index contributed by atoms with van der Waals surface area (Å²) in [4.78, 5) is 0.309. The minimum absolute atomic E-state index is 0.309. The van der Waals surface area contributed by atoms with Gasteiger partial charge in [0.15, 0.2) is 5.82 Å². The van der Waals surface area contributed by atoms with Crippen molar-refractivity contribution in [3.05, 3.63) is 41.1 Å². The Hall–Kier alpha value is -1.82. The van der Waals surface area contributed by atoms with Crippen LogP contribution in [0.5, 0.6) is 0 Å². The van der Waals surface area contributed by atoms with Crippen LogP contribution in [-0.4, -0.2) is 18.6 Å². The molecule has 0 saturated heterocycles. The van der Waals surface area contributed by atoms with Crippen molar-refractivity contribution in [2.45, 2.75) is 43.9 Å². The number of rotatable bonds is 5. The summed E-state index contributed by atoms with van der Waals surface area (Å²) >= 11 is 0. The second-order valence-corrected chi connectivity index (χ2v) is 7.10. The average molecular weight is 305 g/mol. The van der Waals surface area contributed by atoms with Crippen LogP contribution >= 0.6 is 0 Å². The fourth-order valence-corrected chi connectivity index (χ4v) is 3.77. The number of aryl methyl sites for hydroxylation is 3. The highest BCUT2D eigenvalue weighted by Gasteiger charge is 2.19. The van der Waals surface area contributed by atoms with Gasteiger partial charge in [0.1, 0.15) is 0 Å². The normalized spacial score (nSPS) is 14.1. The Labute approximate surface area is 124 Å². The first kappa shape index (κ1) is 14.1. The lowest BCUT2D eigenvalue weighted by Crippen LogP contribution is -2.13. The fourth-order valence-electron chi connectivity index (χ4n) is 2.72. The molecule has 2 aromatic rings. The number of nitrogens with zero attached hydrogens (tertiary/aromatic N) is 1. The third-order valence-corrected chi connectivity index (χ3v) is 5.12. The summed E-state index contributed by atoms with van der Waals surface area (Å²) in [6.45, 7) is 2.06. The van der Waals surface area contributed by atoms with Gasteiger partial charge in [0.25, 0.3) is 10.0 Å². The Morgan fingerprint density at radius 1 is 1.24 bits per heavy atom. The van der Waals surface area contributed by atoms with Crippen molar-refractivity contribution in [1.29, 1.82) is 0 Å². The minimum Gasteiger partial charge on any atom is -0.280 e. The summed E-state index contributed by atoms with van der Waals surface area (Å²) in [7, 11) is -3.57. The van der Waals surface area contributed by atoms with Gasteiger partial charge in [0.05, 0.1) is 4.90 Å². The van der Waals surface area contributed by atoms with Gasteiger partial charge in [-0.15, -0.1) is 0 Å². The highest BCUT2D eigenvalue weighted by molar-refractivity contribution is 7.92. The van der Waals surface area contributed by atoms with Crippen molar-refractivity contribution in [1.82, 2.24) is 10.2 Å². The van der Waals surface area contributed by atoms with Crippen molar-refractivity contribution < 1.29 is 8.42 Å². The average Bonchev–Trinajstić information content (AvgIpc) is 3.07. The van der Waals surface area contributed by atoms with Crippen LogP contribution in [0.25, 0.3) is 0 Å². The van der Waals surface area contributed by atoms with Crippen LogP contribution in [0.3, 0.4) is 0 Å². The summed E-state index contributed by atoms with van der Waals surface area (Å²) < 4.78 is 27.3. The molecule has 1 aliphatic rings. The molecule has 1 aliphatic carbocycles. The molecule has 0 atom stereocenters. The van der Waals surface area contributed by atoms with E-state index in [2.05, 4.69) is 21.8 Å². The largest absolute Gasteiger partial charge is 0.280 e. The zero-order chi connectivity index (χ0) is 14.9. The number of aromatic nitrogens is 2. The Balaban J connectivity index is 1.82. The maximum absolute atomic E-state index is 12.4. The molecule has 0 unspecified atom stereocenters. The Morgan fingerprint density at radius 3 is 2.86 bits per heavy atom. The Morgan fingerprint density at radius 2 is 2.05 bits per heavy atom. The van der Waals surface area contributed by atoms with Gasteiger partial charge in [-0.1, -0.05) is 19.4 Å². The highest BCUT2D eigenvalue weighted by Crippen LogP contribution is 2.25. The molecule has 0 radical (unpaired) electrons. The first-order chi connectivity index (χ1) is 10.1. The molecule has 2 N–H and O–H groups in total. The molecule has 21 heavy (non-hydrogen) atoms. The van der Waals surface area contributed by atoms with Gasteiger partial charge < -0.3 is 0 Å². The molecule has 0 aliphatic heterocycles. The van der Waals surface area contributed by atoms with Gasteiger partial charge in [-0.3, -0.25) is 9.82 Å². The van der Waals surface area contributed by atoms with Crippen molar-refractivity contribution in [2.24, 2.45) is 0 Å². The van der Waals surface area contributed by atoms with E-state index in [0.717, 1.165) is 43.4 Å². The van der Waals surface area contributed by atoms with Gasteiger partial charge in [0.2, 0.25) is 0 Å². The predicted octanol–water partition coefficient (Wildman–Crippen LogP) is 2.65.